The summed E-state index contributed by atoms with van der Waals surface area (Å²) in [4.78, 5) is 46.7. The number of amidine groups is 1. The summed E-state index contributed by atoms with van der Waals surface area (Å²) in [5.74, 6) is -1.27. The minimum atomic E-state index is -0.746. The molecule has 1 aliphatic heterocycles. The van der Waals surface area contributed by atoms with Gasteiger partial charge in [0.2, 0.25) is 5.91 Å². The molecule has 0 aromatic heterocycles. The summed E-state index contributed by atoms with van der Waals surface area (Å²) >= 11 is 3.08. The Morgan fingerprint density at radius 1 is 1.02 bits per heavy atom. The summed E-state index contributed by atoms with van der Waals surface area (Å²) in [6.45, 7) is 5.66. The summed E-state index contributed by atoms with van der Waals surface area (Å²) in [6.07, 6.45) is 8.08. The second kappa shape index (κ2) is 18.3. The Morgan fingerprint density at radius 2 is 1.67 bits per heavy atom. The lowest BCUT2D eigenvalue weighted by Crippen LogP contribution is -2.42. The largest absolute Gasteiger partial charge is 0.493 e. The zero-order valence-corrected chi connectivity index (χ0v) is 31.4. The van der Waals surface area contributed by atoms with Gasteiger partial charge in [-0.1, -0.05) is 109 Å². The molecule has 0 radical (unpaired) electrons. The van der Waals surface area contributed by atoms with Crippen molar-refractivity contribution in [1.29, 1.82) is 0 Å². The van der Waals surface area contributed by atoms with E-state index in [1.54, 1.807) is 55.5 Å². The summed E-state index contributed by atoms with van der Waals surface area (Å²) in [6, 6.07) is 28.2. The number of halogens is 2. The molecule has 1 N–H and O–H groups in total. The van der Waals surface area contributed by atoms with Crippen molar-refractivity contribution in [2.75, 3.05) is 12.9 Å². The molecule has 0 bridgehead atoms. The van der Waals surface area contributed by atoms with Gasteiger partial charge in [0.15, 0.2) is 16.7 Å². The smallest absolute Gasteiger partial charge is 0.285 e. The summed E-state index contributed by atoms with van der Waals surface area (Å²) in [7, 11) is 1.49. The fraction of sp³-hybridized carbons (Fsp3) is 0.122. The van der Waals surface area contributed by atoms with E-state index in [9.17, 15) is 18.8 Å². The Hall–Kier alpha value is -5.27. The van der Waals surface area contributed by atoms with E-state index >= 15 is 0 Å². The highest BCUT2D eigenvalue weighted by Gasteiger charge is 2.35. The van der Waals surface area contributed by atoms with Gasteiger partial charge in [-0.15, -0.1) is 0 Å². The molecule has 0 unspecified atom stereocenters. The lowest BCUT2D eigenvalue weighted by atomic mass is 9.99. The Labute approximate surface area is 320 Å². The molecule has 8 nitrogen and oxygen atoms in total. The first-order valence-electron chi connectivity index (χ1n) is 16.1. The number of thioether (sulfide) groups is 1. The van der Waals surface area contributed by atoms with Crippen LogP contribution in [0.25, 0.3) is 6.08 Å². The van der Waals surface area contributed by atoms with Crippen LogP contribution in [0.2, 0.25) is 0 Å². The molecule has 264 valence electrons. The predicted molar refractivity (Wildman–Crippen MR) is 212 cm³/mol. The minimum absolute atomic E-state index is 0.0665. The SMILES string of the molecule is C=C/C=C\C(=C/C)N1C(=O)/C(=C/c2cc(I)c(OCc3ccc(F)cc3)c(OC)c2)C(=O)N=C1SCC(=O)NC(c1ccccc1)c1ccccc1. The molecule has 0 saturated carbocycles. The third-order valence-electron chi connectivity index (χ3n) is 7.77. The molecule has 0 aliphatic carbocycles. The van der Waals surface area contributed by atoms with Crippen molar-refractivity contribution in [1.82, 2.24) is 10.2 Å². The third-order valence-corrected chi connectivity index (χ3v) is 9.51. The van der Waals surface area contributed by atoms with Crippen LogP contribution in [0.5, 0.6) is 11.5 Å². The molecule has 0 fully saturated rings. The molecule has 4 aromatic rings. The van der Waals surface area contributed by atoms with Gasteiger partial charge in [0.1, 0.15) is 18.0 Å². The van der Waals surface area contributed by atoms with Gasteiger partial charge in [-0.2, -0.15) is 4.99 Å². The Morgan fingerprint density at radius 3 is 2.27 bits per heavy atom. The lowest BCUT2D eigenvalue weighted by Gasteiger charge is -2.28. The van der Waals surface area contributed by atoms with Crippen LogP contribution in [0.1, 0.15) is 35.2 Å². The highest BCUT2D eigenvalue weighted by molar-refractivity contribution is 14.1. The number of ether oxygens (including phenoxy) is 2. The van der Waals surface area contributed by atoms with Crippen molar-refractivity contribution in [3.8, 4) is 11.5 Å². The van der Waals surface area contributed by atoms with Gasteiger partial charge in [-0.05, 0) is 88.2 Å². The average Bonchev–Trinajstić information content (AvgIpc) is 3.16. The number of carbonyl (C=O) groups is 3. The number of benzene rings is 4. The van der Waals surface area contributed by atoms with Crippen molar-refractivity contribution in [3.05, 3.63) is 171 Å². The lowest BCUT2D eigenvalue weighted by molar-refractivity contribution is -0.126. The van der Waals surface area contributed by atoms with Crippen LogP contribution < -0.4 is 14.8 Å². The average molecular weight is 828 g/mol. The van der Waals surface area contributed by atoms with Gasteiger partial charge < -0.3 is 14.8 Å². The van der Waals surface area contributed by atoms with E-state index in [4.69, 9.17) is 9.47 Å². The monoisotopic (exact) mass is 827 g/mol. The minimum Gasteiger partial charge on any atom is -0.493 e. The third kappa shape index (κ3) is 9.53. The number of nitrogens with one attached hydrogen (secondary N) is 1. The van der Waals surface area contributed by atoms with Crippen LogP contribution in [-0.4, -0.2) is 40.7 Å². The number of hydrogen-bond donors (Lipinski definition) is 1. The molecule has 1 heterocycles. The predicted octanol–water partition coefficient (Wildman–Crippen LogP) is 8.41. The zero-order valence-electron chi connectivity index (χ0n) is 28.4. The number of nitrogens with zero attached hydrogens (tertiary/aromatic N) is 2. The number of aliphatic imine (C=N–C) groups is 1. The fourth-order valence-corrected chi connectivity index (χ4v) is 6.85. The molecule has 5 rings (SSSR count). The Bertz CT molecular complexity index is 2030. The van der Waals surface area contributed by atoms with Crippen LogP contribution in [-0.2, 0) is 21.0 Å². The van der Waals surface area contributed by atoms with Gasteiger partial charge in [0.25, 0.3) is 11.8 Å². The van der Waals surface area contributed by atoms with E-state index in [1.807, 2.05) is 60.7 Å². The molecule has 0 spiro atoms. The second-order valence-electron chi connectivity index (χ2n) is 11.3. The van der Waals surface area contributed by atoms with Crippen LogP contribution in [0.15, 0.2) is 144 Å². The fourth-order valence-electron chi connectivity index (χ4n) is 5.26. The van der Waals surface area contributed by atoms with Gasteiger partial charge in [0.05, 0.1) is 22.5 Å². The quantitative estimate of drug-likeness (QED) is 0.0630. The zero-order chi connectivity index (χ0) is 37.0. The molecule has 52 heavy (non-hydrogen) atoms. The van der Waals surface area contributed by atoms with E-state index in [-0.39, 0.29) is 34.8 Å². The first kappa shape index (κ1) is 38.0. The van der Waals surface area contributed by atoms with E-state index in [0.717, 1.165) is 28.5 Å². The van der Waals surface area contributed by atoms with E-state index in [0.29, 0.717) is 26.3 Å². The van der Waals surface area contributed by atoms with E-state index in [2.05, 4.69) is 39.5 Å². The van der Waals surface area contributed by atoms with Crippen LogP contribution in [0.4, 0.5) is 4.39 Å². The van der Waals surface area contributed by atoms with Crippen LogP contribution in [0.3, 0.4) is 0 Å². The molecule has 0 saturated heterocycles. The number of methoxy groups -OCH3 is 1. The maximum Gasteiger partial charge on any atom is 0.285 e. The normalized spacial score (nSPS) is 14.2. The Balaban J connectivity index is 1.41. The van der Waals surface area contributed by atoms with Crippen molar-refractivity contribution in [3.63, 3.8) is 0 Å². The van der Waals surface area contributed by atoms with Gasteiger partial charge in [-0.3, -0.25) is 19.3 Å². The van der Waals surface area contributed by atoms with E-state index in [1.165, 1.54) is 30.2 Å². The van der Waals surface area contributed by atoms with Gasteiger partial charge >= 0.3 is 0 Å². The number of hydrogen-bond acceptors (Lipinski definition) is 6. The highest BCUT2D eigenvalue weighted by Crippen LogP contribution is 2.36. The molecular formula is C41H35FIN3O5S. The van der Waals surface area contributed by atoms with Gasteiger partial charge in [0, 0.05) is 5.70 Å². The Kier molecular flexibility index (Phi) is 13.4. The maximum absolute atomic E-state index is 14.2. The first-order chi connectivity index (χ1) is 25.2. The van der Waals surface area contributed by atoms with Crippen molar-refractivity contribution in [2.24, 2.45) is 4.99 Å². The number of allylic oxidation sites excluding steroid dienone is 4. The summed E-state index contributed by atoms with van der Waals surface area (Å²) < 4.78 is 25.6. The first-order valence-corrected chi connectivity index (χ1v) is 18.2. The number of amides is 3. The topological polar surface area (TPSA) is 97.3 Å². The molecule has 11 heteroatoms. The maximum atomic E-state index is 14.2. The van der Waals surface area contributed by atoms with Crippen LogP contribution >= 0.6 is 34.4 Å². The summed E-state index contributed by atoms with van der Waals surface area (Å²) in [5, 5.41) is 3.16. The van der Waals surface area contributed by atoms with Gasteiger partial charge in [-0.25, -0.2) is 4.39 Å². The van der Waals surface area contributed by atoms with Crippen molar-refractivity contribution in [2.45, 2.75) is 19.6 Å². The highest BCUT2D eigenvalue weighted by atomic mass is 127. The van der Waals surface area contributed by atoms with Crippen molar-refractivity contribution >= 4 is 63.3 Å². The summed E-state index contributed by atoms with van der Waals surface area (Å²) in [5.41, 5.74) is 3.37. The van der Waals surface area contributed by atoms with Crippen molar-refractivity contribution < 1.29 is 28.2 Å². The molecule has 3 amide bonds. The standard InChI is InChI=1S/C41H35FIN3O5S/c1-4-6-17-32(5-2)46-40(49)33(22-28-23-34(43)38(35(24-28)50-3)51-25-27-18-20-31(42)21-19-27)39(48)45-41(46)52-26-36(47)44-37(29-13-9-7-10-14-29)30-15-11-8-12-16-30/h4-24,37H,1,25-26H2,2-3H3,(H,44,47)/b17-6-,32-5+,33-22+. The molecule has 0 atom stereocenters. The van der Waals surface area contributed by atoms with E-state index < -0.39 is 17.9 Å². The number of carbonyl (C=O) groups excluding carboxylic acids is 3. The molecule has 1 aliphatic rings. The molecular weight excluding hydrogens is 792 g/mol. The van der Waals surface area contributed by atoms with Crippen LogP contribution in [0, 0.1) is 9.39 Å². The molecule has 4 aromatic carbocycles. The number of rotatable bonds is 13. The second-order valence-corrected chi connectivity index (χ2v) is 13.4.